The largest absolute Gasteiger partial charge is 0.348 e. The molecule has 0 spiro atoms. The molecule has 0 aromatic heterocycles. The van der Waals surface area contributed by atoms with E-state index in [4.69, 9.17) is 0 Å². The summed E-state index contributed by atoms with van der Waals surface area (Å²) in [5, 5.41) is 6.20. The Morgan fingerprint density at radius 3 is 2.56 bits per heavy atom. The number of sulfonamides is 1. The summed E-state index contributed by atoms with van der Waals surface area (Å²) in [4.78, 5) is 12.3. The predicted octanol–water partition coefficient (Wildman–Crippen LogP) is 2.42. The van der Waals surface area contributed by atoms with Gasteiger partial charge in [0.1, 0.15) is 5.82 Å². The van der Waals surface area contributed by atoms with Crippen molar-refractivity contribution in [2.75, 3.05) is 17.8 Å². The molecule has 0 radical (unpaired) electrons. The molecule has 8 heteroatoms. The van der Waals surface area contributed by atoms with E-state index >= 15 is 0 Å². The maximum atomic E-state index is 13.2. The first kappa shape index (κ1) is 19.3. The van der Waals surface area contributed by atoms with E-state index in [1.807, 2.05) is 0 Å². The second-order valence-corrected chi connectivity index (χ2v) is 8.26. The van der Waals surface area contributed by atoms with Gasteiger partial charge in [0.2, 0.25) is 0 Å². The van der Waals surface area contributed by atoms with Gasteiger partial charge in [0, 0.05) is 23.8 Å². The Morgan fingerprint density at radius 1 is 1.19 bits per heavy atom. The molecule has 6 nitrogen and oxygen atoms in total. The molecule has 2 aromatic carbocycles. The van der Waals surface area contributed by atoms with Crippen LogP contribution in [0.15, 0.2) is 47.4 Å². The van der Waals surface area contributed by atoms with Gasteiger partial charge in [-0.1, -0.05) is 0 Å². The molecule has 2 aromatic rings. The molecule has 3 N–H and O–H groups in total. The first-order valence-corrected chi connectivity index (χ1v) is 10.2. The average Bonchev–Trinajstić information content (AvgIpc) is 2.62. The quantitative estimate of drug-likeness (QED) is 0.731. The zero-order valence-electron chi connectivity index (χ0n) is 15.0. The van der Waals surface area contributed by atoms with Gasteiger partial charge in [-0.3, -0.25) is 9.52 Å². The lowest BCUT2D eigenvalue weighted by molar-refractivity contribution is 0.0930. The SMILES string of the molecule is Cc1cc(F)ccc1S(=O)(=O)Nc1ccc(C(=O)NC2CCCNC2)cc1. The Balaban J connectivity index is 1.68. The van der Waals surface area contributed by atoms with E-state index < -0.39 is 15.8 Å². The van der Waals surface area contributed by atoms with Gasteiger partial charge in [0.05, 0.1) is 4.90 Å². The van der Waals surface area contributed by atoms with Crippen molar-refractivity contribution in [2.24, 2.45) is 0 Å². The van der Waals surface area contributed by atoms with E-state index in [2.05, 4.69) is 15.4 Å². The Bertz CT molecular complexity index is 924. The maximum Gasteiger partial charge on any atom is 0.262 e. The lowest BCUT2D eigenvalue weighted by Gasteiger charge is -2.23. The van der Waals surface area contributed by atoms with Crippen LogP contribution in [-0.2, 0) is 10.0 Å². The van der Waals surface area contributed by atoms with Gasteiger partial charge in [-0.2, -0.15) is 0 Å². The molecule has 1 atom stereocenters. The number of aryl methyl sites for hydroxylation is 1. The van der Waals surface area contributed by atoms with Crippen molar-refractivity contribution in [3.63, 3.8) is 0 Å². The fourth-order valence-corrected chi connectivity index (χ4v) is 4.34. The third-order valence-electron chi connectivity index (χ3n) is 4.46. The van der Waals surface area contributed by atoms with Crippen molar-refractivity contribution < 1.29 is 17.6 Å². The van der Waals surface area contributed by atoms with Crippen LogP contribution in [0.4, 0.5) is 10.1 Å². The summed E-state index contributed by atoms with van der Waals surface area (Å²) in [5.41, 5.74) is 1.11. The predicted molar refractivity (Wildman–Crippen MR) is 102 cm³/mol. The normalized spacial score (nSPS) is 17.3. The number of carbonyl (C=O) groups is 1. The highest BCUT2D eigenvalue weighted by molar-refractivity contribution is 7.92. The van der Waals surface area contributed by atoms with E-state index in [1.165, 1.54) is 31.2 Å². The molecule has 27 heavy (non-hydrogen) atoms. The van der Waals surface area contributed by atoms with E-state index in [0.29, 0.717) is 16.8 Å². The first-order chi connectivity index (χ1) is 12.8. The van der Waals surface area contributed by atoms with Crippen molar-refractivity contribution in [2.45, 2.75) is 30.7 Å². The number of benzene rings is 2. The summed E-state index contributed by atoms with van der Waals surface area (Å²) in [6.07, 6.45) is 1.96. The molecule has 1 aliphatic heterocycles. The fourth-order valence-electron chi connectivity index (χ4n) is 3.06. The zero-order chi connectivity index (χ0) is 19.4. The van der Waals surface area contributed by atoms with Crippen LogP contribution in [0.3, 0.4) is 0 Å². The van der Waals surface area contributed by atoms with Crippen LogP contribution < -0.4 is 15.4 Å². The highest BCUT2D eigenvalue weighted by atomic mass is 32.2. The number of anilines is 1. The summed E-state index contributed by atoms with van der Waals surface area (Å²) in [7, 11) is -3.84. The van der Waals surface area contributed by atoms with Crippen molar-refractivity contribution in [1.82, 2.24) is 10.6 Å². The van der Waals surface area contributed by atoms with Crippen LogP contribution in [-0.4, -0.2) is 33.5 Å². The number of nitrogens with one attached hydrogen (secondary N) is 3. The summed E-state index contributed by atoms with van der Waals surface area (Å²) in [6, 6.07) is 9.81. The van der Waals surface area contributed by atoms with Crippen LogP contribution in [0.2, 0.25) is 0 Å². The van der Waals surface area contributed by atoms with E-state index in [0.717, 1.165) is 32.0 Å². The van der Waals surface area contributed by atoms with Crippen LogP contribution in [0.5, 0.6) is 0 Å². The molecule has 1 heterocycles. The van der Waals surface area contributed by atoms with Gasteiger partial charge >= 0.3 is 0 Å². The molecule has 0 saturated carbocycles. The van der Waals surface area contributed by atoms with Gasteiger partial charge in [-0.15, -0.1) is 0 Å². The van der Waals surface area contributed by atoms with E-state index in [9.17, 15) is 17.6 Å². The lowest BCUT2D eigenvalue weighted by Crippen LogP contribution is -2.45. The minimum Gasteiger partial charge on any atom is -0.348 e. The Labute approximate surface area is 158 Å². The lowest BCUT2D eigenvalue weighted by atomic mass is 10.1. The van der Waals surface area contributed by atoms with Gasteiger partial charge < -0.3 is 10.6 Å². The van der Waals surface area contributed by atoms with Crippen molar-refractivity contribution >= 4 is 21.6 Å². The number of halogens is 1. The molecule has 0 aliphatic carbocycles. The Kier molecular flexibility index (Phi) is 5.76. The second kappa shape index (κ2) is 8.06. The van der Waals surface area contributed by atoms with Crippen LogP contribution in [0.25, 0.3) is 0 Å². The fraction of sp³-hybridized carbons (Fsp3) is 0.316. The summed E-state index contributed by atoms with van der Waals surface area (Å²) in [5.74, 6) is -0.678. The highest BCUT2D eigenvalue weighted by Crippen LogP contribution is 2.20. The number of amides is 1. The summed E-state index contributed by atoms with van der Waals surface area (Å²) < 4.78 is 40.6. The Hall–Kier alpha value is -2.45. The van der Waals surface area contributed by atoms with E-state index in [-0.39, 0.29) is 16.8 Å². The second-order valence-electron chi connectivity index (χ2n) is 6.61. The summed E-state index contributed by atoms with van der Waals surface area (Å²) in [6.45, 7) is 3.25. The van der Waals surface area contributed by atoms with Crippen molar-refractivity contribution in [1.29, 1.82) is 0 Å². The van der Waals surface area contributed by atoms with Crippen molar-refractivity contribution in [3.8, 4) is 0 Å². The molecule has 144 valence electrons. The Morgan fingerprint density at radius 2 is 1.93 bits per heavy atom. The molecule has 1 unspecified atom stereocenters. The molecule has 1 fully saturated rings. The number of piperidine rings is 1. The maximum absolute atomic E-state index is 13.2. The monoisotopic (exact) mass is 391 g/mol. The number of hydrogen-bond donors (Lipinski definition) is 3. The van der Waals surface area contributed by atoms with Gasteiger partial charge in [0.15, 0.2) is 0 Å². The average molecular weight is 391 g/mol. The highest BCUT2D eigenvalue weighted by Gasteiger charge is 2.19. The number of rotatable bonds is 5. The molecule has 3 rings (SSSR count). The molecule has 1 saturated heterocycles. The molecular formula is C19H22FN3O3S. The van der Waals surface area contributed by atoms with Crippen LogP contribution >= 0.6 is 0 Å². The van der Waals surface area contributed by atoms with Crippen LogP contribution in [0, 0.1) is 12.7 Å². The van der Waals surface area contributed by atoms with Crippen molar-refractivity contribution in [3.05, 3.63) is 59.4 Å². The van der Waals surface area contributed by atoms with Crippen LogP contribution in [0.1, 0.15) is 28.8 Å². The van der Waals surface area contributed by atoms with Gasteiger partial charge in [0.25, 0.3) is 15.9 Å². The number of hydrogen-bond acceptors (Lipinski definition) is 4. The topological polar surface area (TPSA) is 87.3 Å². The standard InChI is InChI=1S/C19H22FN3O3S/c1-13-11-15(20)6-9-18(13)27(25,26)23-16-7-4-14(5-8-16)19(24)22-17-3-2-10-21-12-17/h4-9,11,17,21,23H,2-3,10,12H2,1H3,(H,22,24). The first-order valence-electron chi connectivity index (χ1n) is 8.76. The zero-order valence-corrected chi connectivity index (χ0v) is 15.8. The summed E-state index contributed by atoms with van der Waals surface area (Å²) >= 11 is 0. The third-order valence-corrected chi connectivity index (χ3v) is 6.00. The van der Waals surface area contributed by atoms with Gasteiger partial charge in [-0.05, 0) is 74.3 Å². The molecule has 0 bridgehead atoms. The third kappa shape index (κ3) is 4.84. The molecule has 1 amide bonds. The van der Waals surface area contributed by atoms with E-state index in [1.54, 1.807) is 12.1 Å². The smallest absolute Gasteiger partial charge is 0.262 e. The molecular weight excluding hydrogens is 369 g/mol. The minimum absolute atomic E-state index is 0.00974. The molecule has 1 aliphatic rings. The van der Waals surface area contributed by atoms with Gasteiger partial charge in [-0.25, -0.2) is 12.8 Å². The number of carbonyl (C=O) groups excluding carboxylic acids is 1. The minimum atomic E-state index is -3.84.